The van der Waals surface area contributed by atoms with E-state index >= 15 is 0 Å². The standard InChI is InChI=1S/C64H97N3O6/c1-4-7-10-13-16-19-22-25-28-31-46-68-59-40-34-55(35-41-59)52-71-62-49-58(51-66-67-65)50-63(72-53-56-36-42-60(43-37-56)69-47-32-29-26-23-20-17-14-11-8-5-2)64(62)73-54-57-38-44-61(45-39-57)70-48-33-30-27-24-21-18-15-12-9-6-3/h34-45,49-50H,4-33,46-48,51-54H2,1-3H3. The van der Waals surface area contributed by atoms with E-state index in [2.05, 4.69) is 30.8 Å². The van der Waals surface area contributed by atoms with Crippen LogP contribution < -0.4 is 28.4 Å². The Morgan fingerprint density at radius 2 is 0.603 bits per heavy atom. The van der Waals surface area contributed by atoms with Crippen molar-refractivity contribution in [2.75, 3.05) is 19.8 Å². The van der Waals surface area contributed by atoms with Crippen LogP contribution in [-0.4, -0.2) is 19.8 Å². The molecule has 404 valence electrons. The average Bonchev–Trinajstić information content (AvgIpc) is 3.42. The Hall–Kier alpha value is -5.01. The fourth-order valence-electron chi connectivity index (χ4n) is 9.05. The molecule has 0 spiro atoms. The van der Waals surface area contributed by atoms with Crippen LogP contribution in [0.15, 0.2) is 90.0 Å². The molecule has 73 heavy (non-hydrogen) atoms. The number of hydrogen-bond donors (Lipinski definition) is 0. The first-order chi connectivity index (χ1) is 36.1. The van der Waals surface area contributed by atoms with Crippen LogP contribution in [0.5, 0.6) is 34.5 Å². The molecule has 0 aliphatic heterocycles. The summed E-state index contributed by atoms with van der Waals surface area (Å²) in [6.07, 6.45) is 39.0. The number of rotatable bonds is 47. The number of ether oxygens (including phenoxy) is 6. The Bertz CT molecular complexity index is 1890. The third-order valence-electron chi connectivity index (χ3n) is 13.6. The van der Waals surface area contributed by atoms with E-state index in [1.807, 2.05) is 84.9 Å². The van der Waals surface area contributed by atoms with Gasteiger partial charge in [-0.05, 0) is 95.6 Å². The van der Waals surface area contributed by atoms with E-state index in [1.165, 1.54) is 173 Å². The van der Waals surface area contributed by atoms with Crippen molar-refractivity contribution in [3.8, 4) is 34.5 Å². The summed E-state index contributed by atoms with van der Waals surface area (Å²) in [5.41, 5.74) is 13.0. The highest BCUT2D eigenvalue weighted by atomic mass is 16.5. The molecule has 0 aliphatic rings. The highest BCUT2D eigenvalue weighted by Crippen LogP contribution is 2.41. The topological polar surface area (TPSA) is 104 Å². The summed E-state index contributed by atoms with van der Waals surface area (Å²) in [7, 11) is 0. The third-order valence-corrected chi connectivity index (χ3v) is 13.6. The zero-order valence-corrected chi connectivity index (χ0v) is 46.0. The van der Waals surface area contributed by atoms with Gasteiger partial charge in [0.2, 0.25) is 5.75 Å². The first-order valence-electron chi connectivity index (χ1n) is 29.3. The molecule has 0 saturated carbocycles. The van der Waals surface area contributed by atoms with Crippen LogP contribution in [0.25, 0.3) is 10.4 Å². The van der Waals surface area contributed by atoms with Crippen molar-refractivity contribution < 1.29 is 28.4 Å². The molecule has 0 heterocycles. The highest BCUT2D eigenvalue weighted by Gasteiger charge is 2.17. The fraction of sp³-hybridized carbons (Fsp3) is 0.625. The first kappa shape index (κ1) is 60.5. The summed E-state index contributed by atoms with van der Waals surface area (Å²) in [6.45, 7) is 10.0. The van der Waals surface area contributed by atoms with E-state index in [-0.39, 0.29) is 13.2 Å². The van der Waals surface area contributed by atoms with E-state index < -0.39 is 0 Å². The number of azide groups is 1. The van der Waals surface area contributed by atoms with Gasteiger partial charge in [-0.15, -0.1) is 0 Å². The zero-order valence-electron chi connectivity index (χ0n) is 46.0. The van der Waals surface area contributed by atoms with Gasteiger partial charge in [-0.25, -0.2) is 0 Å². The zero-order chi connectivity index (χ0) is 51.5. The van der Waals surface area contributed by atoms with Gasteiger partial charge in [-0.2, -0.15) is 0 Å². The Morgan fingerprint density at radius 3 is 0.890 bits per heavy atom. The molecule has 4 rings (SSSR count). The van der Waals surface area contributed by atoms with Crippen LogP contribution in [0.3, 0.4) is 0 Å². The van der Waals surface area contributed by atoms with Crippen LogP contribution in [0.4, 0.5) is 0 Å². The molecule has 9 nitrogen and oxygen atoms in total. The van der Waals surface area contributed by atoms with Gasteiger partial charge in [-0.1, -0.05) is 236 Å². The summed E-state index contributed by atoms with van der Waals surface area (Å²) < 4.78 is 38.0. The van der Waals surface area contributed by atoms with Gasteiger partial charge in [0.15, 0.2) is 11.5 Å². The van der Waals surface area contributed by atoms with E-state index in [0.29, 0.717) is 30.5 Å². The van der Waals surface area contributed by atoms with Crippen molar-refractivity contribution in [3.63, 3.8) is 0 Å². The van der Waals surface area contributed by atoms with E-state index in [0.717, 1.165) is 78.6 Å². The molecule has 0 saturated heterocycles. The molecular weight excluding hydrogens is 907 g/mol. The van der Waals surface area contributed by atoms with Crippen molar-refractivity contribution in [2.45, 2.75) is 240 Å². The molecule has 0 atom stereocenters. The molecular formula is C64H97N3O6. The third kappa shape index (κ3) is 28.9. The van der Waals surface area contributed by atoms with Gasteiger partial charge < -0.3 is 28.4 Å². The van der Waals surface area contributed by atoms with Gasteiger partial charge in [0.25, 0.3) is 0 Å². The van der Waals surface area contributed by atoms with Gasteiger partial charge in [0, 0.05) is 4.91 Å². The second-order valence-electron chi connectivity index (χ2n) is 20.2. The van der Waals surface area contributed by atoms with Gasteiger partial charge in [0.1, 0.15) is 37.1 Å². The predicted molar refractivity (Wildman–Crippen MR) is 304 cm³/mol. The van der Waals surface area contributed by atoms with Crippen molar-refractivity contribution in [3.05, 3.63) is 118 Å². The largest absolute Gasteiger partial charge is 0.494 e. The SMILES string of the molecule is CCCCCCCCCCCCOc1ccc(COc2cc(CN=[N+]=[N-])cc(OCc3ccc(OCCCCCCCCCCCC)cc3)c2OCc2ccc(OCCCCCCCCCCCC)cc2)cc1. The second-order valence-corrected chi connectivity index (χ2v) is 20.2. The minimum atomic E-state index is 0.139. The summed E-state index contributed by atoms with van der Waals surface area (Å²) >= 11 is 0. The monoisotopic (exact) mass is 1000 g/mol. The van der Waals surface area contributed by atoms with Gasteiger partial charge in [0.05, 0.1) is 26.4 Å². The number of benzene rings is 4. The number of nitrogens with zero attached hydrogens (tertiary/aromatic N) is 3. The second kappa shape index (κ2) is 41.4. The minimum Gasteiger partial charge on any atom is -0.494 e. The summed E-state index contributed by atoms with van der Waals surface area (Å²) in [4.78, 5) is 3.04. The molecule has 0 fully saturated rings. The smallest absolute Gasteiger partial charge is 0.203 e. The van der Waals surface area contributed by atoms with Gasteiger partial charge in [-0.3, -0.25) is 0 Å². The Balaban J connectivity index is 1.34. The molecule has 0 amide bonds. The van der Waals surface area contributed by atoms with E-state index in [4.69, 9.17) is 28.4 Å². The Morgan fingerprint density at radius 1 is 0.329 bits per heavy atom. The molecule has 0 N–H and O–H groups in total. The molecule has 4 aromatic carbocycles. The van der Waals surface area contributed by atoms with Crippen LogP contribution in [0.2, 0.25) is 0 Å². The summed E-state index contributed by atoms with van der Waals surface area (Å²) in [5.74, 6) is 4.09. The number of hydrogen-bond acceptors (Lipinski definition) is 7. The molecule has 0 bridgehead atoms. The number of unbranched alkanes of at least 4 members (excludes halogenated alkanes) is 27. The molecule has 0 radical (unpaired) electrons. The Kier molecular flexibility index (Phi) is 34.3. The van der Waals surface area contributed by atoms with Crippen molar-refractivity contribution in [2.24, 2.45) is 5.11 Å². The van der Waals surface area contributed by atoms with Crippen LogP contribution in [0.1, 0.15) is 236 Å². The summed E-state index contributed by atoms with van der Waals surface area (Å²) in [6, 6.07) is 28.1. The van der Waals surface area contributed by atoms with Crippen LogP contribution in [0, 0.1) is 0 Å². The lowest BCUT2D eigenvalue weighted by Crippen LogP contribution is -2.05. The van der Waals surface area contributed by atoms with Crippen molar-refractivity contribution >= 4 is 0 Å². The maximum absolute atomic E-state index is 9.25. The molecule has 4 aromatic rings. The highest BCUT2D eigenvalue weighted by molar-refractivity contribution is 5.54. The van der Waals surface area contributed by atoms with Crippen molar-refractivity contribution in [1.29, 1.82) is 0 Å². The molecule has 0 aromatic heterocycles. The maximum Gasteiger partial charge on any atom is 0.203 e. The van der Waals surface area contributed by atoms with Gasteiger partial charge >= 0.3 is 0 Å². The fourth-order valence-corrected chi connectivity index (χ4v) is 9.05. The quantitative estimate of drug-likeness (QED) is 0.0189. The molecule has 0 unspecified atom stereocenters. The normalized spacial score (nSPS) is 11.1. The Labute approximate surface area is 443 Å². The first-order valence-corrected chi connectivity index (χ1v) is 29.3. The molecule has 9 heteroatoms. The summed E-state index contributed by atoms with van der Waals surface area (Å²) in [5, 5.41) is 3.88. The maximum atomic E-state index is 9.25. The lowest BCUT2D eigenvalue weighted by molar-refractivity contribution is 0.229. The van der Waals surface area contributed by atoms with E-state index in [9.17, 15) is 5.53 Å². The minimum absolute atomic E-state index is 0.139. The van der Waals surface area contributed by atoms with Crippen molar-refractivity contribution in [1.82, 2.24) is 0 Å². The predicted octanol–water partition coefficient (Wildman–Crippen LogP) is 20.1. The van der Waals surface area contributed by atoms with Crippen LogP contribution >= 0.6 is 0 Å². The van der Waals surface area contributed by atoms with E-state index in [1.54, 1.807) is 0 Å². The average molecular weight is 1000 g/mol. The lowest BCUT2D eigenvalue weighted by atomic mass is 10.1. The van der Waals surface area contributed by atoms with Crippen LogP contribution in [-0.2, 0) is 26.4 Å². The lowest BCUT2D eigenvalue weighted by Gasteiger charge is -2.19. The molecule has 0 aliphatic carbocycles.